The van der Waals surface area contributed by atoms with E-state index in [1.165, 1.54) is 24.3 Å². The number of aliphatic carboxylic acids is 1. The lowest BCUT2D eigenvalue weighted by molar-refractivity contribution is -0.142. The Morgan fingerprint density at radius 3 is 1.47 bits per heavy atom. The van der Waals surface area contributed by atoms with E-state index in [2.05, 4.69) is 93.1 Å². The number of benzene rings is 4. The standard InChI is InChI=1S/C27H33ClN4O3Si.C19H28ClNO3Si.C8H7N3O/c1-18-21(12-13-23(30-5)24(18)28)16-22(14-15-35-36(6,7)27(2,3)4)26(34)32-31-25(33)20-10-8-19(17-29)9-11-20;1-13-14(8-9-16(21-5)17(13)20)12-15(18(22)23)10-11-24-25(6,7)19(2,3)4;1-10-7-4-2-6(3-5-7)8(12)11-9/h8-13,22H,14-16H2,1-4,6-7H3,(H,31,33)(H,32,34);8-9,15H,10-12H2,1-4,6-7H3,(H,22,23);2-5H,9H2,(H,11,12)/t22-;15-;/m00./s1. The second kappa shape index (κ2) is 28.2. The van der Waals surface area contributed by atoms with Crippen LogP contribution in [-0.4, -0.2) is 58.6 Å². The van der Waals surface area contributed by atoms with Crippen molar-refractivity contribution in [2.45, 2.75) is 117 Å². The number of hydrazine groups is 2. The number of carbonyl (C=O) groups excluding carboxylic acids is 3. The van der Waals surface area contributed by atoms with E-state index in [9.17, 15) is 24.3 Å². The number of carboxylic acid groups (broad SMARTS) is 1. The third kappa shape index (κ3) is 18.9. The van der Waals surface area contributed by atoms with Gasteiger partial charge in [0.1, 0.15) is 0 Å². The Morgan fingerprint density at radius 1 is 0.671 bits per heavy atom. The molecule has 19 heteroatoms. The highest BCUT2D eigenvalue weighted by atomic mass is 35.5. The molecule has 4 aromatic carbocycles. The molecular formula is C54H68Cl2N8O7Si2. The number of nitriles is 1. The normalized spacial score (nSPS) is 12.0. The second-order valence-electron chi connectivity index (χ2n) is 20.3. The Kier molecular flexibility index (Phi) is 24.2. The molecule has 0 aliphatic heterocycles. The van der Waals surface area contributed by atoms with Gasteiger partial charge in [-0.15, -0.1) is 0 Å². The monoisotopic (exact) mass is 1070 g/mol. The van der Waals surface area contributed by atoms with Crippen LogP contribution in [0.1, 0.15) is 103 Å². The van der Waals surface area contributed by atoms with Crippen molar-refractivity contribution in [2.24, 2.45) is 17.7 Å². The van der Waals surface area contributed by atoms with Gasteiger partial charge in [-0.1, -0.05) is 113 Å². The smallest absolute Gasteiger partial charge is 0.306 e. The van der Waals surface area contributed by atoms with Gasteiger partial charge in [-0.2, -0.15) is 5.26 Å². The summed E-state index contributed by atoms with van der Waals surface area (Å²) in [6.45, 7) is 47.2. The van der Waals surface area contributed by atoms with Crippen molar-refractivity contribution in [2.75, 3.05) is 13.2 Å². The van der Waals surface area contributed by atoms with Crippen molar-refractivity contribution in [3.63, 3.8) is 0 Å². The fourth-order valence-electron chi connectivity index (χ4n) is 6.31. The zero-order valence-electron chi connectivity index (χ0n) is 43.8. The first-order valence-corrected chi connectivity index (χ1v) is 30.0. The first-order valence-electron chi connectivity index (χ1n) is 23.4. The third-order valence-electron chi connectivity index (χ3n) is 13.3. The zero-order valence-corrected chi connectivity index (χ0v) is 47.4. The maximum absolute atomic E-state index is 13.2. The molecule has 0 aromatic heterocycles. The summed E-state index contributed by atoms with van der Waals surface area (Å²) in [5.41, 5.74) is 12.8. The molecule has 0 aliphatic rings. The first kappa shape index (κ1) is 62.7. The topological polar surface area (TPSA) is 206 Å². The molecule has 4 rings (SSSR count). The van der Waals surface area contributed by atoms with Crippen molar-refractivity contribution in [1.29, 1.82) is 5.26 Å². The SMILES string of the molecule is [C-]#[N+]c1ccc(C(=O)NN)cc1.[C-]#[N+]c1ccc(C[C@H](CCO[Si](C)(C)C(C)(C)C)C(=O)NNC(=O)c2ccc(C#N)cc2)c(C)c1Cl.[C-]#[N+]c1ccc(C[C@H](CCO[Si](C)(C)C(C)(C)C)C(=O)O)c(C)c1Cl. The Bertz CT molecular complexity index is 2750. The molecule has 0 unspecified atom stereocenters. The largest absolute Gasteiger partial charge is 0.481 e. The fourth-order valence-corrected chi connectivity index (χ4v) is 8.89. The summed E-state index contributed by atoms with van der Waals surface area (Å²) in [6, 6.07) is 21.3. The van der Waals surface area contributed by atoms with Gasteiger partial charge in [0.05, 0.1) is 47.3 Å². The highest BCUT2D eigenvalue weighted by molar-refractivity contribution is 6.74. The first-order chi connectivity index (χ1) is 34.0. The number of rotatable bonds is 16. The average molecular weight is 1070 g/mol. The van der Waals surface area contributed by atoms with Crippen LogP contribution in [0.25, 0.3) is 14.5 Å². The van der Waals surface area contributed by atoms with E-state index in [0.717, 1.165) is 22.3 Å². The number of hydrogen-bond donors (Lipinski definition) is 5. The number of halogens is 2. The molecule has 6 N–H and O–H groups in total. The summed E-state index contributed by atoms with van der Waals surface area (Å²) < 4.78 is 12.4. The highest BCUT2D eigenvalue weighted by Crippen LogP contribution is 2.39. The van der Waals surface area contributed by atoms with Crippen LogP contribution in [0.15, 0.2) is 72.8 Å². The molecule has 73 heavy (non-hydrogen) atoms. The maximum Gasteiger partial charge on any atom is 0.306 e. The maximum atomic E-state index is 13.2. The van der Waals surface area contributed by atoms with Crippen molar-refractivity contribution in [3.8, 4) is 6.07 Å². The molecule has 0 spiro atoms. The van der Waals surface area contributed by atoms with Crippen molar-refractivity contribution in [3.05, 3.63) is 156 Å². The Morgan fingerprint density at radius 2 is 1.08 bits per heavy atom. The minimum atomic E-state index is -2.00. The number of nitrogen functional groups attached to an aromatic ring is 1. The molecule has 15 nitrogen and oxygen atoms in total. The summed E-state index contributed by atoms with van der Waals surface area (Å²) in [6.07, 6.45) is 1.68. The predicted octanol–water partition coefficient (Wildman–Crippen LogP) is 12.8. The van der Waals surface area contributed by atoms with E-state index < -0.39 is 40.3 Å². The molecule has 0 heterocycles. The van der Waals surface area contributed by atoms with Gasteiger partial charge in [0, 0.05) is 30.3 Å². The number of nitrogens with zero attached hydrogens (tertiary/aromatic N) is 4. The van der Waals surface area contributed by atoms with Gasteiger partial charge < -0.3 is 14.0 Å². The molecule has 3 amide bonds. The number of hydrogen-bond acceptors (Lipinski definition) is 8. The van der Waals surface area contributed by atoms with Crippen LogP contribution in [0.3, 0.4) is 0 Å². The molecule has 0 bridgehead atoms. The van der Waals surface area contributed by atoms with Crippen LogP contribution in [-0.2, 0) is 31.3 Å². The number of carboxylic acids is 1. The van der Waals surface area contributed by atoms with Gasteiger partial charge in [-0.3, -0.25) is 35.5 Å². The molecule has 388 valence electrons. The summed E-state index contributed by atoms with van der Waals surface area (Å²) in [4.78, 5) is 58.2. The molecule has 0 radical (unpaired) electrons. The lowest BCUT2D eigenvalue weighted by Crippen LogP contribution is -2.46. The van der Waals surface area contributed by atoms with E-state index in [-0.39, 0.29) is 21.9 Å². The van der Waals surface area contributed by atoms with E-state index in [0.29, 0.717) is 82.7 Å². The third-order valence-corrected chi connectivity index (χ3v) is 23.3. The van der Waals surface area contributed by atoms with Gasteiger partial charge in [0.15, 0.2) is 22.3 Å². The van der Waals surface area contributed by atoms with E-state index >= 15 is 0 Å². The second-order valence-corrected chi connectivity index (χ2v) is 30.7. The minimum Gasteiger partial charge on any atom is -0.481 e. The van der Waals surface area contributed by atoms with Crippen LogP contribution in [0, 0.1) is 56.7 Å². The van der Waals surface area contributed by atoms with Crippen LogP contribution < -0.4 is 22.1 Å². The molecule has 2 atom stereocenters. The van der Waals surface area contributed by atoms with Gasteiger partial charge >= 0.3 is 5.97 Å². The summed E-state index contributed by atoms with van der Waals surface area (Å²) in [5.74, 6) is 1.88. The number of nitrogens with one attached hydrogen (secondary N) is 3. The number of carbonyl (C=O) groups is 4. The fraction of sp³-hybridized carbons (Fsp3) is 0.407. The van der Waals surface area contributed by atoms with E-state index in [4.69, 9.17) is 62.9 Å². The lowest BCUT2D eigenvalue weighted by atomic mass is 9.93. The molecule has 0 saturated heterocycles. The van der Waals surface area contributed by atoms with Crippen molar-refractivity contribution < 1.29 is 33.1 Å². The molecule has 0 fully saturated rings. The van der Waals surface area contributed by atoms with Crippen LogP contribution in [0.2, 0.25) is 46.3 Å². The molecule has 4 aromatic rings. The Hall–Kier alpha value is -6.39. The van der Waals surface area contributed by atoms with Gasteiger partial charge in [0.25, 0.3) is 11.8 Å². The van der Waals surface area contributed by atoms with Crippen LogP contribution >= 0.6 is 23.2 Å². The predicted molar refractivity (Wildman–Crippen MR) is 294 cm³/mol. The highest BCUT2D eigenvalue weighted by Gasteiger charge is 2.38. The molecular weight excluding hydrogens is 1000 g/mol. The quantitative estimate of drug-likeness (QED) is 0.0238. The minimum absolute atomic E-state index is 0.0412. The Balaban J connectivity index is 0.000000424. The van der Waals surface area contributed by atoms with Crippen LogP contribution in [0.5, 0.6) is 0 Å². The van der Waals surface area contributed by atoms with Crippen LogP contribution in [0.4, 0.5) is 17.1 Å². The van der Waals surface area contributed by atoms with E-state index in [1.54, 1.807) is 42.5 Å². The van der Waals surface area contributed by atoms with Crippen molar-refractivity contribution in [1.82, 2.24) is 16.3 Å². The summed E-state index contributed by atoms with van der Waals surface area (Å²) in [5, 5.41) is 19.4. The zero-order chi connectivity index (χ0) is 55.5. The Labute approximate surface area is 443 Å². The average Bonchev–Trinajstić information content (AvgIpc) is 3.34. The van der Waals surface area contributed by atoms with Gasteiger partial charge in [-0.05, 0) is 122 Å². The van der Waals surface area contributed by atoms with E-state index in [1.807, 2.05) is 31.4 Å². The molecule has 0 aliphatic carbocycles. The summed E-state index contributed by atoms with van der Waals surface area (Å²) >= 11 is 12.6. The number of nitrogens with two attached hydrogens (primary N) is 1. The number of amides is 3. The van der Waals surface area contributed by atoms with Crippen molar-refractivity contribution >= 4 is 80.6 Å². The van der Waals surface area contributed by atoms with Gasteiger partial charge in [-0.25, -0.2) is 20.4 Å². The molecule has 0 saturated carbocycles. The lowest BCUT2D eigenvalue weighted by Gasteiger charge is -2.36. The van der Waals surface area contributed by atoms with Gasteiger partial charge in [0.2, 0.25) is 17.3 Å². The summed E-state index contributed by atoms with van der Waals surface area (Å²) in [7, 11) is -3.88.